The van der Waals surface area contributed by atoms with Gasteiger partial charge < -0.3 is 10.1 Å². The molecule has 1 aromatic rings. The van der Waals surface area contributed by atoms with Crippen molar-refractivity contribution in [3.05, 3.63) is 45.5 Å². The summed E-state index contributed by atoms with van der Waals surface area (Å²) in [7, 11) is 0. The van der Waals surface area contributed by atoms with Gasteiger partial charge in [0, 0.05) is 11.8 Å². The molecule has 116 valence electrons. The first kappa shape index (κ1) is 16.9. The molecule has 0 saturated carbocycles. The molecule has 6 heteroatoms. The zero-order valence-corrected chi connectivity index (χ0v) is 13.0. The highest BCUT2D eigenvalue weighted by Crippen LogP contribution is 2.23. The van der Waals surface area contributed by atoms with E-state index >= 15 is 0 Å². The van der Waals surface area contributed by atoms with Gasteiger partial charge in [-0.1, -0.05) is 24.3 Å². The highest BCUT2D eigenvalue weighted by Gasteiger charge is 2.32. The minimum atomic E-state index is -0.960. The second-order valence-corrected chi connectivity index (χ2v) is 6.01. The Morgan fingerprint density at radius 1 is 1.33 bits per heavy atom. The Kier molecular flexibility index (Phi) is 5.29. The van der Waals surface area contributed by atoms with E-state index in [1.165, 1.54) is 6.92 Å². The fraction of sp³-hybridized carbons (Fsp3) is 0.533. The van der Waals surface area contributed by atoms with E-state index in [1.54, 1.807) is 32.9 Å². The Balaban J connectivity index is 3.02. The van der Waals surface area contributed by atoms with E-state index in [9.17, 15) is 14.9 Å². The number of nitrogens with one attached hydrogen (secondary N) is 1. The lowest BCUT2D eigenvalue weighted by molar-refractivity contribution is -0.523. The van der Waals surface area contributed by atoms with Gasteiger partial charge in [0.05, 0.1) is 0 Å². The molecule has 21 heavy (non-hydrogen) atoms. The number of alkyl carbamates (subject to hydrolysis) is 1. The second kappa shape index (κ2) is 6.56. The van der Waals surface area contributed by atoms with E-state index in [0.29, 0.717) is 5.56 Å². The van der Waals surface area contributed by atoms with Crippen LogP contribution < -0.4 is 5.32 Å². The molecule has 0 bridgehead atoms. The van der Waals surface area contributed by atoms with Gasteiger partial charge >= 0.3 is 6.09 Å². The summed E-state index contributed by atoms with van der Waals surface area (Å²) in [5.74, 6) is 0. The Morgan fingerprint density at radius 3 is 2.38 bits per heavy atom. The zero-order valence-electron chi connectivity index (χ0n) is 13.0. The molecule has 0 saturated heterocycles. The largest absolute Gasteiger partial charge is 0.444 e. The van der Waals surface area contributed by atoms with Crippen LogP contribution in [0.1, 0.15) is 44.9 Å². The van der Waals surface area contributed by atoms with Crippen molar-refractivity contribution in [1.29, 1.82) is 0 Å². The van der Waals surface area contributed by atoms with E-state index in [0.717, 1.165) is 5.56 Å². The summed E-state index contributed by atoms with van der Waals surface area (Å²) in [6.45, 7) is 8.55. The molecule has 0 aliphatic rings. The summed E-state index contributed by atoms with van der Waals surface area (Å²) in [6, 6.07) is 5.57. The number of carbonyl (C=O) groups excluding carboxylic acids is 1. The summed E-state index contributed by atoms with van der Waals surface area (Å²) in [5, 5.41) is 13.7. The summed E-state index contributed by atoms with van der Waals surface area (Å²) >= 11 is 0. The van der Waals surface area contributed by atoms with Gasteiger partial charge in [-0.2, -0.15) is 0 Å². The number of aryl methyl sites for hydroxylation is 1. The molecule has 6 nitrogen and oxygen atoms in total. The number of nitro groups is 1. The topological polar surface area (TPSA) is 81.5 Å². The van der Waals surface area contributed by atoms with Crippen LogP contribution in [-0.4, -0.2) is 22.7 Å². The van der Waals surface area contributed by atoms with Gasteiger partial charge in [-0.05, 0) is 38.8 Å². The average Bonchev–Trinajstić information content (AvgIpc) is 2.34. The van der Waals surface area contributed by atoms with Gasteiger partial charge in [-0.25, -0.2) is 4.79 Å². The number of nitrogens with zero attached hydrogens (tertiary/aromatic N) is 1. The van der Waals surface area contributed by atoms with Crippen LogP contribution in [0.3, 0.4) is 0 Å². The van der Waals surface area contributed by atoms with E-state index in [2.05, 4.69) is 5.32 Å². The molecule has 0 aliphatic carbocycles. The lowest BCUT2D eigenvalue weighted by Crippen LogP contribution is -2.41. The predicted octanol–water partition coefficient (Wildman–Crippen LogP) is 3.23. The Labute approximate surface area is 124 Å². The van der Waals surface area contributed by atoms with Crippen molar-refractivity contribution in [3.63, 3.8) is 0 Å². The number of hydrogen-bond acceptors (Lipinski definition) is 4. The Hall–Kier alpha value is -2.11. The third-order valence-corrected chi connectivity index (χ3v) is 3.01. The van der Waals surface area contributed by atoms with Crippen LogP contribution in [0.15, 0.2) is 24.3 Å². The average molecular weight is 294 g/mol. The molecular formula is C15H22N2O4. The first-order valence-corrected chi connectivity index (χ1v) is 6.80. The van der Waals surface area contributed by atoms with E-state index in [-0.39, 0.29) is 0 Å². The maximum atomic E-state index is 11.9. The molecular weight excluding hydrogens is 272 g/mol. The highest BCUT2D eigenvalue weighted by molar-refractivity contribution is 5.68. The lowest BCUT2D eigenvalue weighted by atomic mass is 9.96. The van der Waals surface area contributed by atoms with Crippen LogP contribution in [0.4, 0.5) is 4.79 Å². The Bertz CT molecular complexity index is 523. The fourth-order valence-electron chi connectivity index (χ4n) is 1.95. The molecule has 0 spiro atoms. The van der Waals surface area contributed by atoms with Crippen LogP contribution in [0.25, 0.3) is 0 Å². The molecule has 2 unspecified atom stereocenters. The lowest BCUT2D eigenvalue weighted by Gasteiger charge is -2.25. The molecule has 0 radical (unpaired) electrons. The maximum absolute atomic E-state index is 11.9. The molecule has 1 aromatic carbocycles. The van der Waals surface area contributed by atoms with Gasteiger partial charge in [0.1, 0.15) is 11.6 Å². The third kappa shape index (κ3) is 5.06. The van der Waals surface area contributed by atoms with Crippen LogP contribution in [0.2, 0.25) is 0 Å². The minimum absolute atomic E-state index is 0.408. The molecule has 0 heterocycles. The number of amides is 1. The Morgan fingerprint density at radius 2 is 1.90 bits per heavy atom. The van der Waals surface area contributed by atoms with Crippen molar-refractivity contribution in [2.75, 3.05) is 0 Å². The van der Waals surface area contributed by atoms with Crippen molar-refractivity contribution in [1.82, 2.24) is 5.32 Å². The zero-order chi connectivity index (χ0) is 16.2. The smallest absolute Gasteiger partial charge is 0.408 e. The van der Waals surface area contributed by atoms with Crippen LogP contribution in [-0.2, 0) is 4.74 Å². The monoisotopic (exact) mass is 294 g/mol. The standard InChI is InChI=1S/C15H22N2O4/c1-10-8-6-7-9-12(10)13(11(2)17(19)20)16-14(18)21-15(3,4)5/h6-9,11,13H,1-5H3,(H,16,18). The SMILES string of the molecule is Cc1ccccc1C(NC(=O)OC(C)(C)C)C(C)[N+](=O)[O-]. The third-order valence-electron chi connectivity index (χ3n) is 3.01. The number of benzene rings is 1. The minimum Gasteiger partial charge on any atom is -0.444 e. The molecule has 0 aliphatic heterocycles. The quantitative estimate of drug-likeness (QED) is 0.682. The van der Waals surface area contributed by atoms with Gasteiger partial charge in [0.15, 0.2) is 0 Å². The first-order chi connectivity index (χ1) is 9.61. The molecule has 2 atom stereocenters. The van der Waals surface area contributed by atoms with Crippen molar-refractivity contribution < 1.29 is 14.5 Å². The van der Waals surface area contributed by atoms with E-state index in [1.807, 2.05) is 19.1 Å². The molecule has 0 fully saturated rings. The molecule has 1 N–H and O–H groups in total. The normalized spacial score (nSPS) is 14.1. The number of hydrogen-bond donors (Lipinski definition) is 1. The van der Waals surface area contributed by atoms with Gasteiger partial charge in [0.25, 0.3) is 0 Å². The maximum Gasteiger partial charge on any atom is 0.408 e. The number of carbonyl (C=O) groups is 1. The molecule has 0 aromatic heterocycles. The van der Waals surface area contributed by atoms with Crippen LogP contribution in [0.5, 0.6) is 0 Å². The summed E-state index contributed by atoms with van der Waals surface area (Å²) in [6.07, 6.45) is -0.663. The van der Waals surface area contributed by atoms with Gasteiger partial charge in [-0.15, -0.1) is 0 Å². The van der Waals surface area contributed by atoms with Crippen LogP contribution >= 0.6 is 0 Å². The number of rotatable bonds is 4. The van der Waals surface area contributed by atoms with Crippen molar-refractivity contribution >= 4 is 6.09 Å². The first-order valence-electron chi connectivity index (χ1n) is 6.80. The predicted molar refractivity (Wildman–Crippen MR) is 79.7 cm³/mol. The van der Waals surface area contributed by atoms with Crippen molar-refractivity contribution in [2.45, 2.75) is 52.3 Å². The highest BCUT2D eigenvalue weighted by atomic mass is 16.6. The second-order valence-electron chi connectivity index (χ2n) is 6.01. The summed E-state index contributed by atoms with van der Waals surface area (Å²) < 4.78 is 5.19. The summed E-state index contributed by atoms with van der Waals surface area (Å²) in [4.78, 5) is 22.6. The van der Waals surface area contributed by atoms with Crippen molar-refractivity contribution in [3.8, 4) is 0 Å². The van der Waals surface area contributed by atoms with Crippen LogP contribution in [0, 0.1) is 17.0 Å². The summed E-state index contributed by atoms with van der Waals surface area (Å²) in [5.41, 5.74) is 0.943. The van der Waals surface area contributed by atoms with Crippen molar-refractivity contribution in [2.24, 2.45) is 0 Å². The fourth-order valence-corrected chi connectivity index (χ4v) is 1.95. The van der Waals surface area contributed by atoms with E-state index in [4.69, 9.17) is 4.74 Å². The van der Waals surface area contributed by atoms with E-state index < -0.39 is 28.7 Å². The number of ether oxygens (including phenoxy) is 1. The van der Waals surface area contributed by atoms with Gasteiger partial charge in [0.2, 0.25) is 6.04 Å². The molecule has 1 rings (SSSR count). The molecule has 1 amide bonds. The van der Waals surface area contributed by atoms with Gasteiger partial charge in [-0.3, -0.25) is 10.1 Å².